The van der Waals surface area contributed by atoms with Gasteiger partial charge in [-0.05, 0) is 24.3 Å². The topological polar surface area (TPSA) is 92.5 Å². The molecule has 0 unspecified atom stereocenters. The van der Waals surface area contributed by atoms with E-state index in [1.165, 1.54) is 36.4 Å². The maximum atomic E-state index is 12.1. The molecule has 2 N–H and O–H groups in total. The predicted octanol–water partition coefficient (Wildman–Crippen LogP) is 3.86. The number of nitrogens with one attached hydrogen (secondary N) is 1. The molecule has 0 bridgehead atoms. The number of rotatable bonds is 3. The Morgan fingerprint density at radius 2 is 1.95 bits per heavy atom. The number of benzene rings is 2. The number of nitrogens with zero attached hydrogens (tertiary/aromatic N) is 1. The van der Waals surface area contributed by atoms with Gasteiger partial charge in [-0.25, -0.2) is 0 Å². The van der Waals surface area contributed by atoms with Crippen molar-refractivity contribution < 1.29 is 14.8 Å². The van der Waals surface area contributed by atoms with Gasteiger partial charge in [-0.1, -0.05) is 29.3 Å². The summed E-state index contributed by atoms with van der Waals surface area (Å²) in [6, 6.07) is 7.93. The second-order valence-electron chi connectivity index (χ2n) is 4.01. The van der Waals surface area contributed by atoms with Crippen LogP contribution in [0.2, 0.25) is 10.0 Å². The van der Waals surface area contributed by atoms with Gasteiger partial charge in [0.05, 0.1) is 15.5 Å². The van der Waals surface area contributed by atoms with Crippen LogP contribution < -0.4 is 5.32 Å². The Kier molecular flexibility index (Phi) is 4.30. The Morgan fingerprint density at radius 3 is 2.57 bits per heavy atom. The van der Waals surface area contributed by atoms with E-state index in [2.05, 4.69) is 5.32 Å². The lowest BCUT2D eigenvalue weighted by Crippen LogP contribution is -2.13. The molecule has 8 heteroatoms. The Labute approximate surface area is 129 Å². The van der Waals surface area contributed by atoms with E-state index in [4.69, 9.17) is 23.2 Å². The lowest BCUT2D eigenvalue weighted by molar-refractivity contribution is -0.383. The number of aromatic hydroxyl groups is 1. The molecule has 2 aromatic rings. The maximum Gasteiger partial charge on any atom is 0.294 e. The molecular weight excluding hydrogens is 319 g/mol. The van der Waals surface area contributed by atoms with Gasteiger partial charge in [0.15, 0.2) is 0 Å². The Hall–Kier alpha value is -2.31. The summed E-state index contributed by atoms with van der Waals surface area (Å²) in [6.07, 6.45) is 0. The minimum absolute atomic E-state index is 0.0194. The van der Waals surface area contributed by atoms with E-state index >= 15 is 0 Å². The number of carbonyl (C=O) groups excluding carboxylic acids is 1. The number of carbonyl (C=O) groups is 1. The van der Waals surface area contributed by atoms with Gasteiger partial charge in [-0.15, -0.1) is 0 Å². The molecule has 108 valence electrons. The van der Waals surface area contributed by atoms with E-state index in [-0.39, 0.29) is 32.7 Å². The lowest BCUT2D eigenvalue weighted by Gasteiger charge is -2.09. The molecule has 0 aliphatic carbocycles. The zero-order valence-electron chi connectivity index (χ0n) is 10.3. The van der Waals surface area contributed by atoms with Crippen LogP contribution in [0, 0.1) is 10.1 Å². The highest BCUT2D eigenvalue weighted by Gasteiger charge is 2.20. The second kappa shape index (κ2) is 5.99. The molecule has 1 amide bonds. The molecule has 2 rings (SSSR count). The lowest BCUT2D eigenvalue weighted by atomic mass is 10.1. The number of phenolic OH excluding ortho intramolecular Hbond substituents is 1. The highest BCUT2D eigenvalue weighted by molar-refractivity contribution is 6.34. The van der Waals surface area contributed by atoms with Crippen molar-refractivity contribution >= 4 is 40.5 Å². The molecule has 0 aliphatic heterocycles. The number of nitro benzene ring substituents is 1. The second-order valence-corrected chi connectivity index (χ2v) is 4.85. The van der Waals surface area contributed by atoms with Gasteiger partial charge in [0.2, 0.25) is 0 Å². The molecule has 2 aromatic carbocycles. The van der Waals surface area contributed by atoms with Crippen LogP contribution in [-0.4, -0.2) is 15.9 Å². The molecule has 21 heavy (non-hydrogen) atoms. The van der Waals surface area contributed by atoms with Crippen molar-refractivity contribution in [3.8, 4) is 5.75 Å². The van der Waals surface area contributed by atoms with Crippen LogP contribution in [0.15, 0.2) is 36.4 Å². The fraction of sp³-hybridized carbons (Fsp3) is 0. The summed E-state index contributed by atoms with van der Waals surface area (Å²) in [5.41, 5.74) is -0.554. The summed E-state index contributed by atoms with van der Waals surface area (Å²) >= 11 is 11.5. The molecule has 0 atom stereocenters. The van der Waals surface area contributed by atoms with Crippen LogP contribution >= 0.6 is 23.2 Å². The molecule has 0 radical (unpaired) electrons. The smallest absolute Gasteiger partial charge is 0.294 e. The van der Waals surface area contributed by atoms with E-state index in [0.717, 1.165) is 0 Å². The normalized spacial score (nSPS) is 10.2. The summed E-state index contributed by atoms with van der Waals surface area (Å²) < 4.78 is 0. The third-order valence-electron chi connectivity index (χ3n) is 2.63. The van der Waals surface area contributed by atoms with E-state index < -0.39 is 10.8 Å². The average molecular weight is 327 g/mol. The third kappa shape index (κ3) is 3.24. The number of nitro groups is 1. The van der Waals surface area contributed by atoms with Crippen molar-refractivity contribution in [3.63, 3.8) is 0 Å². The Bertz CT molecular complexity index is 734. The number of para-hydroxylation sites is 1. The summed E-state index contributed by atoms with van der Waals surface area (Å²) in [5, 5.41) is 23.2. The number of hydrogen-bond acceptors (Lipinski definition) is 4. The van der Waals surface area contributed by atoms with Crippen molar-refractivity contribution in [2.75, 3.05) is 5.32 Å². The van der Waals surface area contributed by atoms with Crippen molar-refractivity contribution in [2.45, 2.75) is 0 Å². The van der Waals surface area contributed by atoms with Gasteiger partial charge in [-0.2, -0.15) is 0 Å². The molecule has 0 fully saturated rings. The Balaban J connectivity index is 2.38. The molecule has 0 saturated carbocycles. The maximum absolute atomic E-state index is 12.1. The minimum Gasteiger partial charge on any atom is -0.507 e. The van der Waals surface area contributed by atoms with Gasteiger partial charge >= 0.3 is 0 Å². The highest BCUT2D eigenvalue weighted by atomic mass is 35.5. The number of amides is 1. The monoisotopic (exact) mass is 326 g/mol. The molecule has 0 heterocycles. The molecule has 0 aromatic heterocycles. The van der Waals surface area contributed by atoms with Crippen molar-refractivity contribution in [1.29, 1.82) is 0 Å². The largest absolute Gasteiger partial charge is 0.507 e. The van der Waals surface area contributed by atoms with Crippen LogP contribution in [0.4, 0.5) is 11.4 Å². The summed E-state index contributed by atoms with van der Waals surface area (Å²) in [6.45, 7) is 0. The van der Waals surface area contributed by atoms with Crippen LogP contribution in [0.1, 0.15) is 10.4 Å². The average Bonchev–Trinajstić information content (AvgIpc) is 2.40. The first-order valence-corrected chi connectivity index (χ1v) is 6.38. The molecule has 0 aliphatic rings. The zero-order valence-corrected chi connectivity index (χ0v) is 11.9. The number of anilines is 1. The first-order valence-electron chi connectivity index (χ1n) is 5.63. The van der Waals surface area contributed by atoms with Crippen molar-refractivity contribution in [2.24, 2.45) is 0 Å². The van der Waals surface area contributed by atoms with Crippen LogP contribution in [0.25, 0.3) is 0 Å². The predicted molar refractivity (Wildman–Crippen MR) is 79.2 cm³/mol. The van der Waals surface area contributed by atoms with E-state index in [1.807, 2.05) is 0 Å². The first-order chi connectivity index (χ1) is 9.90. The number of phenols is 1. The number of hydrogen-bond donors (Lipinski definition) is 2. The van der Waals surface area contributed by atoms with Gasteiger partial charge in [0.25, 0.3) is 11.6 Å². The summed E-state index contributed by atoms with van der Waals surface area (Å²) in [7, 11) is 0. The third-order valence-corrected chi connectivity index (χ3v) is 3.18. The minimum atomic E-state index is -0.736. The molecule has 0 spiro atoms. The van der Waals surface area contributed by atoms with Gasteiger partial charge in [0.1, 0.15) is 11.4 Å². The van der Waals surface area contributed by atoms with Crippen molar-refractivity contribution in [1.82, 2.24) is 0 Å². The Morgan fingerprint density at radius 1 is 1.24 bits per heavy atom. The van der Waals surface area contributed by atoms with Gasteiger partial charge in [0, 0.05) is 11.1 Å². The van der Waals surface area contributed by atoms with Crippen LogP contribution in [0.3, 0.4) is 0 Å². The van der Waals surface area contributed by atoms with E-state index in [9.17, 15) is 20.0 Å². The number of halogens is 2. The fourth-order valence-electron chi connectivity index (χ4n) is 1.67. The van der Waals surface area contributed by atoms with E-state index in [0.29, 0.717) is 0 Å². The first kappa shape index (κ1) is 15.1. The van der Waals surface area contributed by atoms with Gasteiger partial charge < -0.3 is 10.4 Å². The van der Waals surface area contributed by atoms with Crippen LogP contribution in [0.5, 0.6) is 5.75 Å². The summed E-state index contributed by atoms with van der Waals surface area (Å²) in [4.78, 5) is 22.3. The van der Waals surface area contributed by atoms with Crippen molar-refractivity contribution in [3.05, 3.63) is 62.1 Å². The quantitative estimate of drug-likeness (QED) is 0.661. The van der Waals surface area contributed by atoms with Gasteiger partial charge in [-0.3, -0.25) is 14.9 Å². The summed E-state index contributed by atoms with van der Waals surface area (Å²) in [5.74, 6) is -1.07. The molecule has 6 nitrogen and oxygen atoms in total. The SMILES string of the molecule is O=C(Nc1c(Cl)cccc1[N+](=O)[O-])c1ccc(Cl)cc1O. The van der Waals surface area contributed by atoms with Crippen LogP contribution in [-0.2, 0) is 0 Å². The van der Waals surface area contributed by atoms with E-state index in [1.54, 1.807) is 0 Å². The fourth-order valence-corrected chi connectivity index (χ4v) is 2.05. The molecular formula is C13H8Cl2N2O4. The zero-order chi connectivity index (χ0) is 15.6. The molecule has 0 saturated heterocycles. The highest BCUT2D eigenvalue weighted by Crippen LogP contribution is 2.33. The standard InChI is InChI=1S/C13H8Cl2N2O4/c14-7-4-5-8(11(18)6-7)13(19)16-12-9(15)2-1-3-10(12)17(20)21/h1-6,18H,(H,16,19).